The van der Waals surface area contributed by atoms with Crippen molar-refractivity contribution in [2.45, 2.75) is 27.7 Å². The van der Waals surface area contributed by atoms with Crippen molar-refractivity contribution in [3.63, 3.8) is 0 Å². The van der Waals surface area contributed by atoms with Crippen LogP contribution in [0.3, 0.4) is 0 Å². The van der Waals surface area contributed by atoms with Crippen molar-refractivity contribution in [3.8, 4) is 11.6 Å². The number of aryl methyl sites for hydroxylation is 3. The van der Waals surface area contributed by atoms with E-state index in [4.69, 9.17) is 16.3 Å². The van der Waals surface area contributed by atoms with Gasteiger partial charge in [0.1, 0.15) is 17.1 Å². The molecule has 0 radical (unpaired) electrons. The summed E-state index contributed by atoms with van der Waals surface area (Å²) in [6.07, 6.45) is 1.54. The van der Waals surface area contributed by atoms with E-state index >= 15 is 0 Å². The number of carbonyl (C=O) groups excluding carboxylic acids is 2. The number of nitrogens with zero attached hydrogens (tertiary/aromatic N) is 4. The molecule has 9 heteroatoms. The minimum atomic E-state index is -0.304. The molecule has 2 amide bonds. The van der Waals surface area contributed by atoms with Crippen LogP contribution in [0.5, 0.6) is 5.75 Å². The molecule has 1 aromatic carbocycles. The van der Waals surface area contributed by atoms with E-state index in [-0.39, 0.29) is 18.4 Å². The van der Waals surface area contributed by atoms with Gasteiger partial charge in [0.25, 0.3) is 11.8 Å². The maximum absolute atomic E-state index is 13.0. The predicted octanol–water partition coefficient (Wildman–Crippen LogP) is 3.98. The van der Waals surface area contributed by atoms with Gasteiger partial charge < -0.3 is 19.5 Å². The number of amides is 2. The van der Waals surface area contributed by atoms with Gasteiger partial charge in [-0.05, 0) is 58.0 Å². The molecular weight excluding hydrogens is 430 g/mol. The summed E-state index contributed by atoms with van der Waals surface area (Å²) in [5, 5.41) is 7.44. The average Bonchev–Trinajstić information content (AvgIpc) is 3.29. The van der Waals surface area contributed by atoms with E-state index in [0.29, 0.717) is 40.9 Å². The Kier molecular flexibility index (Phi) is 7.25. The maximum atomic E-state index is 13.0. The van der Waals surface area contributed by atoms with Crippen molar-refractivity contribution in [2.24, 2.45) is 7.05 Å². The van der Waals surface area contributed by atoms with Crippen LogP contribution in [0, 0.1) is 13.8 Å². The van der Waals surface area contributed by atoms with Gasteiger partial charge in [0.05, 0.1) is 11.2 Å². The SMILES string of the molecule is CCN(CC)C(=O)COc1ccc(NC(=O)c2cnn(C)c2-n2c(C)ccc2C)cc1Cl. The van der Waals surface area contributed by atoms with Crippen molar-refractivity contribution in [3.05, 3.63) is 58.5 Å². The lowest BCUT2D eigenvalue weighted by Crippen LogP contribution is -2.34. The van der Waals surface area contributed by atoms with Crippen LogP contribution < -0.4 is 10.1 Å². The molecule has 3 aromatic rings. The number of nitrogens with one attached hydrogen (secondary N) is 1. The van der Waals surface area contributed by atoms with Crippen molar-refractivity contribution >= 4 is 29.1 Å². The molecule has 8 nitrogen and oxygen atoms in total. The number of ether oxygens (including phenoxy) is 1. The Morgan fingerprint density at radius 1 is 1.12 bits per heavy atom. The normalized spacial score (nSPS) is 10.8. The zero-order chi connectivity index (χ0) is 23.4. The zero-order valence-corrected chi connectivity index (χ0v) is 19.7. The predicted molar refractivity (Wildman–Crippen MR) is 125 cm³/mol. The summed E-state index contributed by atoms with van der Waals surface area (Å²) in [4.78, 5) is 26.8. The summed E-state index contributed by atoms with van der Waals surface area (Å²) in [6, 6.07) is 8.90. The molecule has 0 aliphatic carbocycles. The molecule has 0 fully saturated rings. The molecule has 2 aromatic heterocycles. The fourth-order valence-corrected chi connectivity index (χ4v) is 3.80. The maximum Gasteiger partial charge on any atom is 0.261 e. The van der Waals surface area contributed by atoms with Crippen LogP contribution in [0.2, 0.25) is 5.02 Å². The second-order valence-corrected chi connectivity index (χ2v) is 7.82. The number of benzene rings is 1. The van der Waals surface area contributed by atoms with Gasteiger partial charge in [0.15, 0.2) is 6.61 Å². The van der Waals surface area contributed by atoms with Crippen molar-refractivity contribution in [1.82, 2.24) is 19.2 Å². The molecule has 1 N–H and O–H groups in total. The quantitative estimate of drug-likeness (QED) is 0.554. The van der Waals surface area contributed by atoms with Crippen LogP contribution in [-0.2, 0) is 11.8 Å². The van der Waals surface area contributed by atoms with Gasteiger partial charge in [-0.1, -0.05) is 11.6 Å². The first-order valence-corrected chi connectivity index (χ1v) is 10.8. The van der Waals surface area contributed by atoms with Crippen molar-refractivity contribution in [1.29, 1.82) is 0 Å². The molecule has 0 aliphatic heterocycles. The lowest BCUT2D eigenvalue weighted by molar-refractivity contribution is -0.132. The summed E-state index contributed by atoms with van der Waals surface area (Å²) in [5.74, 6) is 0.652. The van der Waals surface area contributed by atoms with Gasteiger partial charge in [0, 0.05) is 37.2 Å². The molecule has 2 heterocycles. The minimum absolute atomic E-state index is 0.0955. The Morgan fingerprint density at radius 3 is 2.38 bits per heavy atom. The second kappa shape index (κ2) is 9.91. The lowest BCUT2D eigenvalue weighted by Gasteiger charge is -2.19. The molecule has 32 heavy (non-hydrogen) atoms. The monoisotopic (exact) mass is 457 g/mol. The molecule has 0 bridgehead atoms. The Balaban J connectivity index is 1.75. The molecule has 0 aliphatic rings. The summed E-state index contributed by atoms with van der Waals surface area (Å²) in [5.41, 5.74) is 2.96. The molecule has 0 spiro atoms. The number of likely N-dealkylation sites (N-methyl/N-ethyl adjacent to an activating group) is 1. The summed E-state index contributed by atoms with van der Waals surface area (Å²) >= 11 is 6.33. The number of carbonyl (C=O) groups is 2. The van der Waals surface area contributed by atoms with Gasteiger partial charge in [-0.25, -0.2) is 0 Å². The highest BCUT2D eigenvalue weighted by molar-refractivity contribution is 6.32. The molecule has 0 saturated carbocycles. The second-order valence-electron chi connectivity index (χ2n) is 7.41. The van der Waals surface area contributed by atoms with E-state index in [1.165, 1.54) is 0 Å². The molecule has 170 valence electrons. The first-order chi connectivity index (χ1) is 15.3. The first-order valence-electron chi connectivity index (χ1n) is 10.5. The molecular formula is C23H28ClN5O3. The highest BCUT2D eigenvalue weighted by atomic mass is 35.5. The number of aromatic nitrogens is 3. The van der Waals surface area contributed by atoms with Crippen LogP contribution in [0.1, 0.15) is 35.6 Å². The van der Waals surface area contributed by atoms with Gasteiger partial charge in [-0.3, -0.25) is 14.3 Å². The number of hydrogen-bond acceptors (Lipinski definition) is 4. The molecule has 0 saturated heterocycles. The topological polar surface area (TPSA) is 81.4 Å². The summed E-state index contributed by atoms with van der Waals surface area (Å²) in [6.45, 7) is 8.93. The highest BCUT2D eigenvalue weighted by Gasteiger charge is 2.20. The Bertz CT molecular complexity index is 1110. The van der Waals surface area contributed by atoms with Crippen LogP contribution in [0.25, 0.3) is 5.82 Å². The zero-order valence-electron chi connectivity index (χ0n) is 19.0. The minimum Gasteiger partial charge on any atom is -0.482 e. The first kappa shape index (κ1) is 23.4. The van der Waals surface area contributed by atoms with Crippen molar-refractivity contribution < 1.29 is 14.3 Å². The number of anilines is 1. The van der Waals surface area contributed by atoms with E-state index in [9.17, 15) is 9.59 Å². The number of halogens is 1. The Hall–Kier alpha value is -3.26. The van der Waals surface area contributed by atoms with E-state index in [0.717, 1.165) is 11.4 Å². The number of hydrogen-bond donors (Lipinski definition) is 1. The Labute approximate surface area is 192 Å². The standard InChI is InChI=1S/C23H28ClN5O3/c1-6-28(7-2)21(30)14-32-20-11-10-17(12-19(20)24)26-22(31)18-13-25-27(5)23(18)29-15(3)8-9-16(29)4/h8-13H,6-7,14H2,1-5H3,(H,26,31). The van der Waals surface area contributed by atoms with Crippen LogP contribution in [0.15, 0.2) is 36.5 Å². The van der Waals surface area contributed by atoms with Gasteiger partial charge in [-0.15, -0.1) is 0 Å². The van der Waals surface area contributed by atoms with E-state index < -0.39 is 0 Å². The van der Waals surface area contributed by atoms with Crippen LogP contribution in [0.4, 0.5) is 5.69 Å². The smallest absolute Gasteiger partial charge is 0.261 e. The van der Waals surface area contributed by atoms with Crippen LogP contribution >= 0.6 is 11.6 Å². The van der Waals surface area contributed by atoms with E-state index in [1.807, 2.05) is 44.4 Å². The summed E-state index contributed by atoms with van der Waals surface area (Å²) < 4.78 is 9.23. The molecule has 0 atom stereocenters. The number of rotatable bonds is 8. The van der Waals surface area contributed by atoms with Gasteiger partial charge in [-0.2, -0.15) is 5.10 Å². The van der Waals surface area contributed by atoms with Gasteiger partial charge in [0.2, 0.25) is 0 Å². The average molecular weight is 458 g/mol. The lowest BCUT2D eigenvalue weighted by atomic mass is 10.2. The highest BCUT2D eigenvalue weighted by Crippen LogP contribution is 2.28. The summed E-state index contributed by atoms with van der Waals surface area (Å²) in [7, 11) is 1.80. The van der Waals surface area contributed by atoms with Crippen LogP contribution in [-0.4, -0.2) is 50.8 Å². The fourth-order valence-electron chi connectivity index (χ4n) is 3.56. The third kappa shape index (κ3) is 4.80. The molecule has 0 unspecified atom stereocenters. The molecule has 3 rings (SSSR count). The fraction of sp³-hybridized carbons (Fsp3) is 0.348. The van der Waals surface area contributed by atoms with E-state index in [2.05, 4.69) is 10.4 Å². The third-order valence-corrected chi connectivity index (χ3v) is 5.59. The van der Waals surface area contributed by atoms with Crippen molar-refractivity contribution in [2.75, 3.05) is 25.0 Å². The van der Waals surface area contributed by atoms with E-state index in [1.54, 1.807) is 41.0 Å². The Morgan fingerprint density at radius 2 is 1.78 bits per heavy atom. The van der Waals surface area contributed by atoms with Gasteiger partial charge >= 0.3 is 0 Å². The largest absolute Gasteiger partial charge is 0.482 e. The third-order valence-electron chi connectivity index (χ3n) is 5.29.